The van der Waals surface area contributed by atoms with Gasteiger partial charge in [0.15, 0.2) is 9.84 Å². The molecular formula is C11H13N3O3S. The maximum Gasteiger partial charge on any atom is 0.155 e. The lowest BCUT2D eigenvalue weighted by Crippen LogP contribution is -2.37. The number of hydrogen-bond acceptors (Lipinski definition) is 5. The van der Waals surface area contributed by atoms with Gasteiger partial charge < -0.3 is 10.5 Å². The highest BCUT2D eigenvalue weighted by Gasteiger charge is 2.36. The number of aromatic amines is 1. The Morgan fingerprint density at radius 3 is 2.94 bits per heavy atom. The van der Waals surface area contributed by atoms with Crippen molar-refractivity contribution in [3.05, 3.63) is 24.4 Å². The molecule has 1 saturated heterocycles. The Morgan fingerprint density at radius 1 is 1.39 bits per heavy atom. The molecule has 0 spiro atoms. The van der Waals surface area contributed by atoms with Crippen LogP contribution in [-0.2, 0) is 9.84 Å². The van der Waals surface area contributed by atoms with Crippen molar-refractivity contribution in [2.45, 2.75) is 12.1 Å². The van der Waals surface area contributed by atoms with Gasteiger partial charge in [-0.1, -0.05) is 0 Å². The summed E-state index contributed by atoms with van der Waals surface area (Å²) in [5.41, 5.74) is 6.68. The zero-order valence-electron chi connectivity index (χ0n) is 9.54. The van der Waals surface area contributed by atoms with Crippen molar-refractivity contribution in [3.63, 3.8) is 0 Å². The van der Waals surface area contributed by atoms with Crippen molar-refractivity contribution >= 4 is 20.7 Å². The summed E-state index contributed by atoms with van der Waals surface area (Å²) in [4.78, 5) is 0. The first-order valence-electron chi connectivity index (χ1n) is 5.59. The van der Waals surface area contributed by atoms with Crippen LogP contribution < -0.4 is 10.5 Å². The van der Waals surface area contributed by atoms with E-state index in [1.807, 2.05) is 12.1 Å². The molecule has 0 aliphatic carbocycles. The molecule has 3 N–H and O–H groups in total. The molecule has 0 amide bonds. The molecular weight excluding hydrogens is 254 g/mol. The van der Waals surface area contributed by atoms with Gasteiger partial charge in [0, 0.05) is 5.39 Å². The fourth-order valence-electron chi connectivity index (χ4n) is 2.13. The van der Waals surface area contributed by atoms with Crippen LogP contribution in [0.3, 0.4) is 0 Å². The zero-order valence-corrected chi connectivity index (χ0v) is 10.4. The molecule has 96 valence electrons. The van der Waals surface area contributed by atoms with Crippen LogP contribution in [0, 0.1) is 0 Å². The van der Waals surface area contributed by atoms with Gasteiger partial charge in [-0.25, -0.2) is 8.42 Å². The molecule has 0 saturated carbocycles. The summed E-state index contributed by atoms with van der Waals surface area (Å²) in [5.74, 6) is 0.588. The highest BCUT2D eigenvalue weighted by Crippen LogP contribution is 2.23. The van der Waals surface area contributed by atoms with Crippen LogP contribution in [0.2, 0.25) is 0 Å². The smallest absolute Gasteiger partial charge is 0.155 e. The number of ether oxygens (including phenoxy) is 1. The number of fused-ring (bicyclic) bond motifs is 1. The minimum atomic E-state index is -3.06. The lowest BCUT2D eigenvalue weighted by atomic mass is 10.2. The molecule has 1 fully saturated rings. The number of nitrogens with two attached hydrogens (primary N) is 1. The summed E-state index contributed by atoms with van der Waals surface area (Å²) >= 11 is 0. The lowest BCUT2D eigenvalue weighted by molar-refractivity contribution is 0.209. The van der Waals surface area contributed by atoms with Crippen LogP contribution in [0.1, 0.15) is 0 Å². The third-order valence-electron chi connectivity index (χ3n) is 3.04. The van der Waals surface area contributed by atoms with Gasteiger partial charge in [-0.2, -0.15) is 5.10 Å². The molecule has 1 aliphatic heterocycles. The number of sulfone groups is 1. The zero-order chi connectivity index (χ0) is 12.8. The summed E-state index contributed by atoms with van der Waals surface area (Å²) in [6, 6.07) is 4.97. The molecule has 1 aliphatic rings. The summed E-state index contributed by atoms with van der Waals surface area (Å²) in [5, 5.41) is 7.67. The van der Waals surface area contributed by atoms with Gasteiger partial charge in [0.2, 0.25) is 0 Å². The maximum atomic E-state index is 11.4. The second-order valence-electron chi connectivity index (χ2n) is 4.52. The van der Waals surface area contributed by atoms with Crippen molar-refractivity contribution < 1.29 is 13.2 Å². The topological polar surface area (TPSA) is 98.1 Å². The molecule has 2 atom stereocenters. The molecule has 2 unspecified atom stereocenters. The van der Waals surface area contributed by atoms with Crippen LogP contribution in [-0.4, -0.2) is 42.3 Å². The molecule has 7 heteroatoms. The normalized spacial score (nSPS) is 26.5. The second-order valence-corrected chi connectivity index (χ2v) is 6.67. The number of nitrogens with one attached hydrogen (secondary N) is 1. The highest BCUT2D eigenvalue weighted by molar-refractivity contribution is 7.91. The minimum absolute atomic E-state index is 0.00831. The second kappa shape index (κ2) is 3.96. The van der Waals surface area contributed by atoms with Crippen molar-refractivity contribution in [2.75, 3.05) is 11.5 Å². The first-order valence-corrected chi connectivity index (χ1v) is 7.41. The molecule has 1 aromatic carbocycles. The predicted molar refractivity (Wildman–Crippen MR) is 67.1 cm³/mol. The van der Waals surface area contributed by atoms with Gasteiger partial charge in [-0.05, 0) is 18.2 Å². The average molecular weight is 267 g/mol. The van der Waals surface area contributed by atoms with E-state index in [9.17, 15) is 8.42 Å². The summed E-state index contributed by atoms with van der Waals surface area (Å²) in [7, 11) is -3.06. The molecule has 2 heterocycles. The third kappa shape index (κ3) is 2.06. The summed E-state index contributed by atoms with van der Waals surface area (Å²) in [6.07, 6.45) is 1.22. The Hall–Kier alpha value is -1.60. The van der Waals surface area contributed by atoms with Crippen molar-refractivity contribution in [2.24, 2.45) is 5.73 Å². The first kappa shape index (κ1) is 11.5. The number of H-pyrrole nitrogens is 1. The Labute approximate surface area is 104 Å². The van der Waals surface area contributed by atoms with Crippen LogP contribution in [0.25, 0.3) is 10.9 Å². The quantitative estimate of drug-likeness (QED) is 0.802. The molecule has 0 radical (unpaired) electrons. The van der Waals surface area contributed by atoms with E-state index in [0.29, 0.717) is 5.75 Å². The maximum absolute atomic E-state index is 11.4. The van der Waals surface area contributed by atoms with Crippen LogP contribution >= 0.6 is 0 Å². The van der Waals surface area contributed by atoms with E-state index in [1.54, 1.807) is 12.3 Å². The van der Waals surface area contributed by atoms with Gasteiger partial charge in [0.25, 0.3) is 0 Å². The fraction of sp³-hybridized carbons (Fsp3) is 0.364. The third-order valence-corrected chi connectivity index (χ3v) is 4.77. The highest BCUT2D eigenvalue weighted by atomic mass is 32.2. The molecule has 18 heavy (non-hydrogen) atoms. The lowest BCUT2D eigenvalue weighted by Gasteiger charge is -2.16. The van der Waals surface area contributed by atoms with Crippen molar-refractivity contribution in [1.29, 1.82) is 0 Å². The fourth-order valence-corrected chi connectivity index (χ4v) is 3.89. The van der Waals surface area contributed by atoms with E-state index in [2.05, 4.69) is 10.2 Å². The largest absolute Gasteiger partial charge is 0.488 e. The monoisotopic (exact) mass is 267 g/mol. The summed E-state index contributed by atoms with van der Waals surface area (Å²) < 4.78 is 28.5. The molecule has 0 bridgehead atoms. The molecule has 6 nitrogen and oxygen atoms in total. The van der Waals surface area contributed by atoms with E-state index in [0.717, 1.165) is 10.9 Å². The number of benzene rings is 1. The number of aromatic nitrogens is 2. The Morgan fingerprint density at radius 2 is 2.22 bits per heavy atom. The Bertz CT molecular complexity index is 680. The standard InChI is InChI=1S/C11H13N3O3S/c12-9-5-18(15,16)6-11(9)17-8-1-2-10-7(3-8)4-13-14-10/h1-4,9,11H,5-6,12H2,(H,13,14). The Balaban J connectivity index is 1.84. The minimum Gasteiger partial charge on any atom is -0.488 e. The molecule has 3 rings (SSSR count). The average Bonchev–Trinajstić information content (AvgIpc) is 2.83. The number of nitrogens with zero attached hydrogens (tertiary/aromatic N) is 1. The van der Waals surface area contributed by atoms with Crippen LogP contribution in [0.4, 0.5) is 0 Å². The van der Waals surface area contributed by atoms with Crippen molar-refractivity contribution in [1.82, 2.24) is 10.2 Å². The van der Waals surface area contributed by atoms with Gasteiger partial charge in [0.1, 0.15) is 11.9 Å². The number of hydrogen-bond donors (Lipinski definition) is 2. The van der Waals surface area contributed by atoms with E-state index >= 15 is 0 Å². The Kier molecular flexibility index (Phi) is 2.53. The van der Waals surface area contributed by atoms with E-state index in [4.69, 9.17) is 10.5 Å². The number of rotatable bonds is 2. The van der Waals surface area contributed by atoms with Gasteiger partial charge in [-0.15, -0.1) is 0 Å². The van der Waals surface area contributed by atoms with E-state index in [1.165, 1.54) is 0 Å². The summed E-state index contributed by atoms with van der Waals surface area (Å²) in [6.45, 7) is 0. The van der Waals surface area contributed by atoms with Crippen molar-refractivity contribution in [3.8, 4) is 5.75 Å². The SMILES string of the molecule is NC1CS(=O)(=O)CC1Oc1ccc2[nH]ncc2c1. The first-order chi connectivity index (χ1) is 8.53. The van der Waals surface area contributed by atoms with Gasteiger partial charge >= 0.3 is 0 Å². The van der Waals surface area contributed by atoms with Gasteiger partial charge in [-0.3, -0.25) is 5.10 Å². The van der Waals surface area contributed by atoms with E-state index < -0.39 is 22.0 Å². The van der Waals surface area contributed by atoms with E-state index in [-0.39, 0.29) is 11.5 Å². The van der Waals surface area contributed by atoms with Crippen LogP contribution in [0.5, 0.6) is 5.75 Å². The van der Waals surface area contributed by atoms with Crippen LogP contribution in [0.15, 0.2) is 24.4 Å². The van der Waals surface area contributed by atoms with Gasteiger partial charge in [0.05, 0.1) is 29.3 Å². The predicted octanol–water partition coefficient (Wildman–Crippen LogP) is 0.0660. The molecule has 2 aromatic rings. The molecule has 1 aromatic heterocycles.